The van der Waals surface area contributed by atoms with Gasteiger partial charge < -0.3 is 29.6 Å². The zero-order valence-corrected chi connectivity index (χ0v) is 11.9. The summed E-state index contributed by atoms with van der Waals surface area (Å²) in [5.41, 5.74) is -1.13. The van der Waals surface area contributed by atoms with Crippen molar-refractivity contribution in [1.82, 2.24) is 0 Å². The van der Waals surface area contributed by atoms with Crippen LogP contribution >= 0.6 is 0 Å². The van der Waals surface area contributed by atoms with E-state index in [0.717, 1.165) is 7.11 Å². The molecule has 23 heavy (non-hydrogen) atoms. The smallest absolute Gasteiger partial charge is 0.294 e. The number of rotatable bonds is 2. The minimum absolute atomic E-state index is 0.180. The number of phenolic OH excluding ortho intramolecular Hbond substituents is 3. The molecule has 2 aromatic carbocycles. The minimum atomic E-state index is -0.818. The summed E-state index contributed by atoms with van der Waals surface area (Å²) in [4.78, 5) is 12.7. The normalized spacial score (nSPS) is 10.8. The van der Waals surface area contributed by atoms with Gasteiger partial charge in [-0.1, -0.05) is 30.3 Å². The largest absolute Gasteiger partial charge is 0.504 e. The molecule has 7 nitrogen and oxygen atoms in total. The molecule has 0 unspecified atom stereocenters. The number of phenols is 3. The van der Waals surface area contributed by atoms with Gasteiger partial charge in [0.1, 0.15) is 10.9 Å². The molecule has 0 saturated carbocycles. The van der Waals surface area contributed by atoms with Crippen molar-refractivity contribution in [2.24, 2.45) is 0 Å². The molecule has 0 fully saturated rings. The van der Waals surface area contributed by atoms with E-state index in [1.54, 1.807) is 30.3 Å². The quantitative estimate of drug-likeness (QED) is 0.423. The molecule has 0 aliphatic heterocycles. The second kappa shape index (κ2) is 5.13. The van der Waals surface area contributed by atoms with Crippen LogP contribution < -0.4 is 10.2 Å². The van der Waals surface area contributed by atoms with Crippen LogP contribution in [-0.4, -0.2) is 27.5 Å². The monoisotopic (exact) mass is 316 g/mol. The molecule has 0 aliphatic rings. The molecule has 0 radical (unpaired) electrons. The molecular weight excluding hydrogens is 304 g/mol. The van der Waals surface area contributed by atoms with Crippen molar-refractivity contribution in [2.45, 2.75) is 0 Å². The highest BCUT2D eigenvalue weighted by molar-refractivity contribution is 5.96. The summed E-state index contributed by atoms with van der Waals surface area (Å²) in [5, 5.41) is 39.4. The Balaban J connectivity index is 2.51. The maximum Gasteiger partial charge on any atom is 0.294 e. The Kier molecular flexibility index (Phi) is 3.25. The molecule has 118 valence electrons. The fourth-order valence-corrected chi connectivity index (χ4v) is 2.40. The number of benzene rings is 2. The summed E-state index contributed by atoms with van der Waals surface area (Å²) in [7, 11) is 1.15. The van der Waals surface area contributed by atoms with Crippen molar-refractivity contribution in [3.63, 3.8) is 0 Å². The maximum atomic E-state index is 12.7. The third-order valence-corrected chi connectivity index (χ3v) is 3.47. The lowest BCUT2D eigenvalue weighted by Gasteiger charge is -2.12. The topological polar surface area (TPSA) is 120 Å². The predicted octanol–water partition coefficient (Wildman–Crippen LogP) is 2.29. The highest BCUT2D eigenvalue weighted by atomic mass is 16.5. The van der Waals surface area contributed by atoms with E-state index in [2.05, 4.69) is 0 Å². The summed E-state index contributed by atoms with van der Waals surface area (Å²) >= 11 is 0. The summed E-state index contributed by atoms with van der Waals surface area (Å²) in [6.07, 6.45) is 0. The molecular formula is C16H12O7. The van der Waals surface area contributed by atoms with Gasteiger partial charge in [0, 0.05) is 0 Å². The molecule has 3 rings (SSSR count). The summed E-state index contributed by atoms with van der Waals surface area (Å²) in [6.45, 7) is 0. The third-order valence-electron chi connectivity index (χ3n) is 3.47. The second-order valence-corrected chi connectivity index (χ2v) is 4.76. The Labute approximate surface area is 129 Å². The first-order chi connectivity index (χ1) is 11.0. The van der Waals surface area contributed by atoms with Crippen molar-refractivity contribution in [3.8, 4) is 40.1 Å². The SMILES string of the molecule is COc1c(O)c(O)c2oc(O)c(-c3ccccc3)c(=O)c2c1O. The van der Waals surface area contributed by atoms with E-state index in [1.807, 2.05) is 0 Å². The number of fused-ring (bicyclic) bond motifs is 1. The third kappa shape index (κ3) is 2.02. The van der Waals surface area contributed by atoms with Crippen LogP contribution in [0.2, 0.25) is 0 Å². The molecule has 4 N–H and O–H groups in total. The Hall–Kier alpha value is -3.35. The lowest BCUT2D eigenvalue weighted by Crippen LogP contribution is -2.06. The fraction of sp³-hybridized carbons (Fsp3) is 0.0625. The lowest BCUT2D eigenvalue weighted by molar-refractivity contribution is 0.318. The van der Waals surface area contributed by atoms with E-state index in [4.69, 9.17) is 9.15 Å². The second-order valence-electron chi connectivity index (χ2n) is 4.76. The van der Waals surface area contributed by atoms with Gasteiger partial charge in [-0.05, 0) is 5.56 Å². The zero-order valence-electron chi connectivity index (χ0n) is 11.9. The minimum Gasteiger partial charge on any atom is -0.504 e. The number of hydrogen-bond donors (Lipinski definition) is 4. The fourth-order valence-electron chi connectivity index (χ4n) is 2.40. The van der Waals surface area contributed by atoms with E-state index in [0.29, 0.717) is 5.56 Å². The average molecular weight is 316 g/mol. The zero-order chi connectivity index (χ0) is 16.7. The maximum absolute atomic E-state index is 12.7. The molecule has 0 spiro atoms. The van der Waals surface area contributed by atoms with Gasteiger partial charge in [0.15, 0.2) is 11.3 Å². The Morgan fingerprint density at radius 2 is 1.61 bits per heavy atom. The highest BCUT2D eigenvalue weighted by Gasteiger charge is 2.27. The molecule has 0 aliphatic carbocycles. The van der Waals surface area contributed by atoms with Crippen LogP contribution in [-0.2, 0) is 0 Å². The van der Waals surface area contributed by atoms with Crippen LogP contribution in [0.5, 0.6) is 28.9 Å². The first-order valence-electron chi connectivity index (χ1n) is 6.53. The highest BCUT2D eigenvalue weighted by Crippen LogP contribution is 2.49. The number of ether oxygens (including phenoxy) is 1. The van der Waals surface area contributed by atoms with Crippen molar-refractivity contribution in [3.05, 3.63) is 40.6 Å². The van der Waals surface area contributed by atoms with Crippen molar-refractivity contribution in [1.29, 1.82) is 0 Å². The van der Waals surface area contributed by atoms with Crippen molar-refractivity contribution in [2.75, 3.05) is 7.11 Å². The summed E-state index contributed by atoms with van der Waals surface area (Å²) in [5.74, 6) is -3.52. The van der Waals surface area contributed by atoms with Crippen molar-refractivity contribution < 1.29 is 29.6 Å². The van der Waals surface area contributed by atoms with Gasteiger partial charge in [0.2, 0.25) is 22.7 Å². The first kappa shape index (κ1) is 14.6. The van der Waals surface area contributed by atoms with Crippen LogP contribution in [0.3, 0.4) is 0 Å². The molecule has 1 heterocycles. The van der Waals surface area contributed by atoms with Gasteiger partial charge in [0.05, 0.1) is 7.11 Å². The Morgan fingerprint density at radius 3 is 2.22 bits per heavy atom. The number of aromatic hydroxyl groups is 4. The Morgan fingerprint density at radius 1 is 0.957 bits per heavy atom. The van der Waals surface area contributed by atoms with E-state index in [-0.39, 0.29) is 5.56 Å². The van der Waals surface area contributed by atoms with Crippen LogP contribution in [0.1, 0.15) is 0 Å². The first-order valence-corrected chi connectivity index (χ1v) is 6.53. The van der Waals surface area contributed by atoms with E-state index < -0.39 is 45.3 Å². The number of hydrogen-bond acceptors (Lipinski definition) is 7. The lowest BCUT2D eigenvalue weighted by atomic mass is 10.0. The molecule has 1 aromatic heterocycles. The standard InChI is InChI=1S/C16H12O7/c1-22-15-11(18)9-10(17)8(7-5-3-2-4-6-7)16(21)23-14(9)12(19)13(15)20/h2-6,18-21H,1H3. The van der Waals surface area contributed by atoms with Crippen LogP contribution in [0.15, 0.2) is 39.5 Å². The molecule has 0 atom stereocenters. The van der Waals surface area contributed by atoms with Crippen molar-refractivity contribution >= 4 is 11.0 Å². The van der Waals surface area contributed by atoms with Crippen LogP contribution in [0, 0.1) is 0 Å². The van der Waals surface area contributed by atoms with Crippen LogP contribution in [0.25, 0.3) is 22.1 Å². The Bertz CT molecular complexity index is 958. The van der Waals surface area contributed by atoms with Gasteiger partial charge in [0.25, 0.3) is 5.95 Å². The van der Waals surface area contributed by atoms with Crippen LogP contribution in [0.4, 0.5) is 0 Å². The van der Waals surface area contributed by atoms with Gasteiger partial charge in [-0.25, -0.2) is 0 Å². The summed E-state index contributed by atoms with van der Waals surface area (Å²) in [6, 6.07) is 8.20. The average Bonchev–Trinajstić information content (AvgIpc) is 2.54. The molecule has 7 heteroatoms. The van der Waals surface area contributed by atoms with E-state index in [1.165, 1.54) is 0 Å². The van der Waals surface area contributed by atoms with Gasteiger partial charge in [-0.15, -0.1) is 0 Å². The molecule has 0 saturated heterocycles. The molecule has 3 aromatic rings. The summed E-state index contributed by atoms with van der Waals surface area (Å²) < 4.78 is 9.84. The van der Waals surface area contributed by atoms with E-state index >= 15 is 0 Å². The van der Waals surface area contributed by atoms with Gasteiger partial charge >= 0.3 is 0 Å². The van der Waals surface area contributed by atoms with E-state index in [9.17, 15) is 25.2 Å². The predicted molar refractivity (Wildman–Crippen MR) is 81.1 cm³/mol. The molecule has 0 bridgehead atoms. The molecule has 0 amide bonds. The van der Waals surface area contributed by atoms with Gasteiger partial charge in [-0.3, -0.25) is 4.79 Å². The van der Waals surface area contributed by atoms with Gasteiger partial charge in [-0.2, -0.15) is 0 Å². The number of methoxy groups -OCH3 is 1.